The molecule has 0 unspecified atom stereocenters. The predicted octanol–water partition coefficient (Wildman–Crippen LogP) is 4.04. The fourth-order valence-corrected chi connectivity index (χ4v) is 4.82. The van der Waals surface area contributed by atoms with Crippen molar-refractivity contribution in [3.8, 4) is 11.5 Å². The summed E-state index contributed by atoms with van der Waals surface area (Å²) in [5.41, 5.74) is 1.59. The van der Waals surface area contributed by atoms with Crippen LogP contribution in [0.1, 0.15) is 18.9 Å². The minimum Gasteiger partial charge on any atom is -0.497 e. The largest absolute Gasteiger partial charge is 0.497 e. The zero-order valence-corrected chi connectivity index (χ0v) is 20.3. The molecule has 34 heavy (non-hydrogen) atoms. The molecule has 0 radical (unpaired) electrons. The molecule has 7 nitrogen and oxygen atoms in total. The summed E-state index contributed by atoms with van der Waals surface area (Å²) in [5.74, 6) is 0.771. The number of aryl methyl sites for hydroxylation is 1. The first kappa shape index (κ1) is 25.1. The fourth-order valence-electron chi connectivity index (χ4n) is 3.39. The minimum absolute atomic E-state index is 0.0977. The van der Waals surface area contributed by atoms with Gasteiger partial charge in [0.1, 0.15) is 24.7 Å². The van der Waals surface area contributed by atoms with E-state index in [9.17, 15) is 13.2 Å². The van der Waals surface area contributed by atoms with Gasteiger partial charge in [-0.15, -0.1) is 0 Å². The van der Waals surface area contributed by atoms with Gasteiger partial charge >= 0.3 is 0 Å². The maximum absolute atomic E-state index is 13.3. The van der Waals surface area contributed by atoms with Crippen LogP contribution in [0.4, 0.5) is 5.69 Å². The Bertz CT molecular complexity index is 1170. The van der Waals surface area contributed by atoms with E-state index in [1.54, 1.807) is 42.5 Å². The Morgan fingerprint density at radius 2 is 1.68 bits per heavy atom. The molecule has 0 spiro atoms. The van der Waals surface area contributed by atoms with Crippen LogP contribution in [0.2, 0.25) is 0 Å². The summed E-state index contributed by atoms with van der Waals surface area (Å²) in [4.78, 5) is 12.8. The van der Waals surface area contributed by atoms with Crippen molar-refractivity contribution in [3.05, 3.63) is 84.4 Å². The minimum atomic E-state index is -3.97. The van der Waals surface area contributed by atoms with Crippen LogP contribution in [0.25, 0.3) is 0 Å². The number of nitrogens with zero attached hydrogens (tertiary/aromatic N) is 1. The van der Waals surface area contributed by atoms with Gasteiger partial charge in [0.2, 0.25) is 5.91 Å². The Morgan fingerprint density at radius 1 is 0.941 bits per heavy atom. The Labute approximate surface area is 201 Å². The summed E-state index contributed by atoms with van der Waals surface area (Å²) in [6, 6.07) is 22.5. The van der Waals surface area contributed by atoms with E-state index < -0.39 is 15.9 Å². The van der Waals surface area contributed by atoms with E-state index in [1.807, 2.05) is 24.3 Å². The molecule has 0 saturated heterocycles. The van der Waals surface area contributed by atoms with Crippen molar-refractivity contribution in [2.45, 2.75) is 24.7 Å². The zero-order chi connectivity index (χ0) is 24.4. The Morgan fingerprint density at radius 3 is 2.35 bits per heavy atom. The van der Waals surface area contributed by atoms with Crippen LogP contribution in [0.5, 0.6) is 11.5 Å². The summed E-state index contributed by atoms with van der Waals surface area (Å²) in [7, 11) is -2.47. The molecule has 0 saturated carbocycles. The molecule has 0 aromatic heterocycles. The van der Waals surface area contributed by atoms with Crippen molar-refractivity contribution >= 4 is 21.6 Å². The number of sulfonamides is 1. The highest BCUT2D eigenvalue weighted by molar-refractivity contribution is 7.92. The van der Waals surface area contributed by atoms with E-state index in [1.165, 1.54) is 24.8 Å². The van der Waals surface area contributed by atoms with Gasteiger partial charge in [0.15, 0.2) is 0 Å². The molecule has 8 heteroatoms. The highest BCUT2D eigenvalue weighted by Gasteiger charge is 2.27. The van der Waals surface area contributed by atoms with Crippen LogP contribution < -0.4 is 19.1 Å². The smallest absolute Gasteiger partial charge is 0.264 e. The Kier molecular flexibility index (Phi) is 8.93. The van der Waals surface area contributed by atoms with Crippen molar-refractivity contribution in [3.63, 3.8) is 0 Å². The maximum Gasteiger partial charge on any atom is 0.264 e. The normalized spacial score (nSPS) is 11.0. The highest BCUT2D eigenvalue weighted by atomic mass is 32.2. The van der Waals surface area contributed by atoms with Crippen LogP contribution in [0, 0.1) is 0 Å². The number of hydrogen-bond donors (Lipinski definition) is 1. The van der Waals surface area contributed by atoms with Crippen LogP contribution in [0.15, 0.2) is 83.8 Å². The van der Waals surface area contributed by atoms with E-state index in [0.29, 0.717) is 11.4 Å². The number of methoxy groups -OCH3 is 1. The molecule has 0 aliphatic heterocycles. The molecule has 0 atom stereocenters. The van der Waals surface area contributed by atoms with Gasteiger partial charge in [-0.1, -0.05) is 49.7 Å². The number of anilines is 1. The first-order chi connectivity index (χ1) is 16.4. The third-order valence-electron chi connectivity index (χ3n) is 5.11. The van der Waals surface area contributed by atoms with Gasteiger partial charge in [0.05, 0.1) is 24.2 Å². The average Bonchev–Trinajstić information content (AvgIpc) is 2.87. The molecule has 3 aromatic rings. The predicted molar refractivity (Wildman–Crippen MR) is 133 cm³/mol. The van der Waals surface area contributed by atoms with E-state index in [-0.39, 0.29) is 24.6 Å². The average molecular weight is 483 g/mol. The van der Waals surface area contributed by atoms with E-state index >= 15 is 0 Å². The zero-order valence-electron chi connectivity index (χ0n) is 19.4. The molecule has 1 amide bonds. The lowest BCUT2D eigenvalue weighted by molar-refractivity contribution is -0.119. The molecule has 3 aromatic carbocycles. The lowest BCUT2D eigenvalue weighted by Gasteiger charge is -2.24. The number of rotatable bonds is 12. The van der Waals surface area contributed by atoms with Crippen molar-refractivity contribution in [2.24, 2.45) is 0 Å². The molecule has 0 fully saturated rings. The van der Waals surface area contributed by atoms with Crippen molar-refractivity contribution in [1.29, 1.82) is 0 Å². The number of nitrogens with one attached hydrogen (secondary N) is 1. The van der Waals surface area contributed by atoms with E-state index in [4.69, 9.17) is 9.47 Å². The monoisotopic (exact) mass is 482 g/mol. The molecular weight excluding hydrogens is 452 g/mol. The molecular formula is C26H30N2O5S. The molecule has 0 aliphatic carbocycles. The quantitative estimate of drug-likeness (QED) is 0.394. The number of amides is 1. The molecule has 0 bridgehead atoms. The maximum atomic E-state index is 13.3. The van der Waals surface area contributed by atoms with Gasteiger partial charge in [0.25, 0.3) is 10.0 Å². The van der Waals surface area contributed by atoms with Crippen molar-refractivity contribution in [1.82, 2.24) is 5.32 Å². The second-order valence-electron chi connectivity index (χ2n) is 7.62. The van der Waals surface area contributed by atoms with Crippen LogP contribution >= 0.6 is 0 Å². The first-order valence-electron chi connectivity index (χ1n) is 11.1. The lowest BCUT2D eigenvalue weighted by Crippen LogP contribution is -2.41. The summed E-state index contributed by atoms with van der Waals surface area (Å²) < 4.78 is 38.7. The number of carbonyl (C=O) groups is 1. The second kappa shape index (κ2) is 12.1. The summed E-state index contributed by atoms with van der Waals surface area (Å²) in [5, 5.41) is 2.74. The summed E-state index contributed by atoms with van der Waals surface area (Å²) in [6.45, 7) is 2.26. The second-order valence-corrected chi connectivity index (χ2v) is 9.48. The van der Waals surface area contributed by atoms with Crippen LogP contribution in [-0.4, -0.2) is 41.1 Å². The van der Waals surface area contributed by atoms with Gasteiger partial charge in [-0.05, 0) is 48.4 Å². The van der Waals surface area contributed by atoms with Gasteiger partial charge in [0, 0.05) is 6.07 Å². The molecule has 1 N–H and O–H groups in total. The van der Waals surface area contributed by atoms with Gasteiger partial charge < -0.3 is 14.8 Å². The summed E-state index contributed by atoms with van der Waals surface area (Å²) >= 11 is 0. The Balaban J connectivity index is 1.65. The van der Waals surface area contributed by atoms with E-state index in [0.717, 1.165) is 22.9 Å². The molecule has 0 heterocycles. The fraction of sp³-hybridized carbons (Fsp3) is 0.269. The van der Waals surface area contributed by atoms with Crippen LogP contribution in [-0.2, 0) is 21.2 Å². The van der Waals surface area contributed by atoms with Gasteiger partial charge in [-0.3, -0.25) is 9.10 Å². The molecule has 180 valence electrons. The first-order valence-corrected chi connectivity index (χ1v) is 12.6. The highest BCUT2D eigenvalue weighted by Crippen LogP contribution is 2.26. The van der Waals surface area contributed by atoms with Crippen molar-refractivity contribution < 1.29 is 22.7 Å². The number of ether oxygens (including phenoxy) is 2. The van der Waals surface area contributed by atoms with Crippen LogP contribution in [0.3, 0.4) is 0 Å². The SMILES string of the molecule is CCCc1ccc(OCCNC(=O)CN(c2cccc(OC)c2)S(=O)(=O)c2ccccc2)cc1. The standard InChI is InChI=1S/C26H30N2O5S/c1-3-8-21-13-15-23(16-14-21)33-18-17-27-26(29)20-28(22-9-7-10-24(19-22)32-2)34(30,31)25-11-5-4-6-12-25/h4-7,9-16,19H,3,8,17-18,20H2,1-2H3,(H,27,29). The van der Waals surface area contributed by atoms with Gasteiger partial charge in [-0.25, -0.2) is 8.42 Å². The number of hydrogen-bond acceptors (Lipinski definition) is 5. The lowest BCUT2D eigenvalue weighted by atomic mass is 10.1. The number of benzene rings is 3. The third kappa shape index (κ3) is 6.74. The van der Waals surface area contributed by atoms with Gasteiger partial charge in [-0.2, -0.15) is 0 Å². The molecule has 0 aliphatic rings. The number of carbonyl (C=O) groups excluding carboxylic acids is 1. The van der Waals surface area contributed by atoms with E-state index in [2.05, 4.69) is 12.2 Å². The topological polar surface area (TPSA) is 84.9 Å². The third-order valence-corrected chi connectivity index (χ3v) is 6.90. The van der Waals surface area contributed by atoms with Crippen molar-refractivity contribution in [2.75, 3.05) is 31.1 Å². The summed E-state index contributed by atoms with van der Waals surface area (Å²) in [6.07, 6.45) is 2.10. The molecule has 3 rings (SSSR count). The Hall–Kier alpha value is -3.52.